The van der Waals surface area contributed by atoms with E-state index in [0.29, 0.717) is 26.1 Å². The molecular weight excluding hydrogens is 297 g/mol. The maximum Gasteiger partial charge on any atom is 0.246 e. The molecule has 4 rings (SSSR count). The van der Waals surface area contributed by atoms with Crippen molar-refractivity contribution in [2.45, 2.75) is 43.9 Å². The summed E-state index contributed by atoms with van der Waals surface area (Å²) in [6.07, 6.45) is 2.35. The molecule has 3 aliphatic heterocycles. The predicted octanol–water partition coefficient (Wildman–Crippen LogP) is 0.889. The predicted molar refractivity (Wildman–Crippen MR) is 81.9 cm³/mol. The summed E-state index contributed by atoms with van der Waals surface area (Å²) in [5.41, 5.74) is 0.869. The van der Waals surface area contributed by atoms with Crippen LogP contribution in [0.1, 0.15) is 24.8 Å². The van der Waals surface area contributed by atoms with Crippen molar-refractivity contribution in [3.8, 4) is 0 Å². The van der Waals surface area contributed by atoms with Crippen molar-refractivity contribution in [3.63, 3.8) is 0 Å². The molecule has 3 aliphatic rings. The summed E-state index contributed by atoms with van der Waals surface area (Å²) in [5, 5.41) is 3.36. The van der Waals surface area contributed by atoms with Crippen LogP contribution in [0, 0.1) is 5.82 Å². The number of rotatable bonds is 3. The summed E-state index contributed by atoms with van der Waals surface area (Å²) in [6.45, 7) is 1.81. The van der Waals surface area contributed by atoms with Crippen molar-refractivity contribution >= 4 is 11.8 Å². The first-order valence-corrected chi connectivity index (χ1v) is 8.22. The summed E-state index contributed by atoms with van der Waals surface area (Å²) in [4.78, 5) is 28.6. The molecule has 0 spiro atoms. The van der Waals surface area contributed by atoms with Crippen LogP contribution < -0.4 is 5.32 Å². The maximum atomic E-state index is 13.2. The average Bonchev–Trinajstić information content (AvgIpc) is 3.18. The molecule has 0 aromatic heterocycles. The van der Waals surface area contributed by atoms with Crippen molar-refractivity contribution in [2.75, 3.05) is 13.1 Å². The van der Waals surface area contributed by atoms with Gasteiger partial charge in [-0.05, 0) is 37.0 Å². The van der Waals surface area contributed by atoms with Gasteiger partial charge in [0, 0.05) is 25.7 Å². The van der Waals surface area contributed by atoms with Crippen LogP contribution in [0.3, 0.4) is 0 Å². The van der Waals surface area contributed by atoms with Crippen molar-refractivity contribution in [3.05, 3.63) is 35.6 Å². The molecule has 122 valence electrons. The fourth-order valence-electron chi connectivity index (χ4n) is 4.04. The van der Waals surface area contributed by atoms with E-state index < -0.39 is 0 Å². The highest BCUT2D eigenvalue weighted by atomic mass is 19.1. The smallest absolute Gasteiger partial charge is 0.246 e. The summed E-state index contributed by atoms with van der Waals surface area (Å²) in [6, 6.07) is 6.00. The number of benzene rings is 1. The third kappa shape index (κ3) is 2.51. The molecule has 1 N–H and O–H groups in total. The topological polar surface area (TPSA) is 52.7 Å². The van der Waals surface area contributed by atoms with E-state index >= 15 is 0 Å². The molecule has 5 nitrogen and oxygen atoms in total. The van der Waals surface area contributed by atoms with E-state index in [1.165, 1.54) is 12.1 Å². The number of hydrogen-bond acceptors (Lipinski definition) is 3. The third-order valence-electron chi connectivity index (χ3n) is 5.17. The monoisotopic (exact) mass is 317 g/mol. The van der Waals surface area contributed by atoms with E-state index in [2.05, 4.69) is 5.32 Å². The number of amides is 2. The molecule has 0 bridgehead atoms. The van der Waals surface area contributed by atoms with Gasteiger partial charge in [-0.15, -0.1) is 0 Å². The normalized spacial score (nSPS) is 29.9. The molecule has 0 saturated carbocycles. The number of nitrogens with one attached hydrogen (secondary N) is 1. The van der Waals surface area contributed by atoms with Crippen LogP contribution in [0.15, 0.2) is 24.3 Å². The summed E-state index contributed by atoms with van der Waals surface area (Å²) in [7, 11) is 0. The largest absolute Gasteiger partial charge is 0.329 e. The number of carbonyl (C=O) groups excluding carboxylic acids is 2. The van der Waals surface area contributed by atoms with Gasteiger partial charge in [0.25, 0.3) is 0 Å². The van der Waals surface area contributed by atoms with Crippen molar-refractivity contribution in [1.29, 1.82) is 0 Å². The molecule has 1 aromatic carbocycles. The van der Waals surface area contributed by atoms with Crippen LogP contribution in [0.4, 0.5) is 4.39 Å². The van der Waals surface area contributed by atoms with Gasteiger partial charge in [0.15, 0.2) is 0 Å². The highest BCUT2D eigenvalue weighted by Crippen LogP contribution is 2.32. The molecule has 0 aliphatic carbocycles. The Kier molecular flexibility index (Phi) is 3.56. The fourth-order valence-corrected chi connectivity index (χ4v) is 4.04. The van der Waals surface area contributed by atoms with Crippen LogP contribution >= 0.6 is 0 Å². The van der Waals surface area contributed by atoms with Gasteiger partial charge in [-0.25, -0.2) is 4.39 Å². The summed E-state index contributed by atoms with van der Waals surface area (Å²) in [5.74, 6) is -0.0524. The van der Waals surface area contributed by atoms with Gasteiger partial charge in [0.2, 0.25) is 11.8 Å². The zero-order chi connectivity index (χ0) is 16.0. The number of piperazine rings is 1. The number of fused-ring (bicyclic) bond motifs is 2. The first-order valence-electron chi connectivity index (χ1n) is 8.22. The minimum atomic E-state index is -0.318. The van der Waals surface area contributed by atoms with Crippen LogP contribution in [0.2, 0.25) is 0 Å². The summed E-state index contributed by atoms with van der Waals surface area (Å²) >= 11 is 0. The molecule has 6 heteroatoms. The van der Waals surface area contributed by atoms with Gasteiger partial charge in [-0.2, -0.15) is 0 Å². The Morgan fingerprint density at radius 2 is 2.00 bits per heavy atom. The standard InChI is InChI=1S/C17H20FN3O2/c18-12-4-1-3-11(7-12)9-19-13-8-15-17(23)20-6-2-5-14(20)16(22)21(15)10-13/h1,3-4,7,13-15,19H,2,5-6,8-10H2/t13-,14-,15-/m0/s1. The van der Waals surface area contributed by atoms with Crippen LogP contribution in [0.5, 0.6) is 0 Å². The molecule has 3 fully saturated rings. The van der Waals surface area contributed by atoms with Gasteiger partial charge in [0.05, 0.1) is 0 Å². The van der Waals surface area contributed by atoms with E-state index in [-0.39, 0.29) is 35.8 Å². The van der Waals surface area contributed by atoms with E-state index in [9.17, 15) is 14.0 Å². The zero-order valence-corrected chi connectivity index (χ0v) is 12.9. The minimum absolute atomic E-state index is 0.0798. The van der Waals surface area contributed by atoms with E-state index in [0.717, 1.165) is 18.4 Å². The molecule has 0 unspecified atom stereocenters. The second kappa shape index (κ2) is 5.60. The Bertz CT molecular complexity index is 620. The summed E-state index contributed by atoms with van der Waals surface area (Å²) < 4.78 is 13.2. The van der Waals surface area contributed by atoms with Gasteiger partial charge < -0.3 is 15.1 Å². The first kappa shape index (κ1) is 14.6. The average molecular weight is 317 g/mol. The molecule has 3 atom stereocenters. The number of carbonyl (C=O) groups is 2. The van der Waals surface area contributed by atoms with Gasteiger partial charge in [0.1, 0.15) is 17.9 Å². The van der Waals surface area contributed by atoms with Gasteiger partial charge in [-0.3, -0.25) is 9.59 Å². The lowest BCUT2D eigenvalue weighted by atomic mass is 10.1. The second-order valence-electron chi connectivity index (χ2n) is 6.64. The highest BCUT2D eigenvalue weighted by Gasteiger charge is 2.51. The molecule has 23 heavy (non-hydrogen) atoms. The number of halogens is 1. The van der Waals surface area contributed by atoms with Crippen molar-refractivity contribution in [2.24, 2.45) is 0 Å². The van der Waals surface area contributed by atoms with E-state index in [1.54, 1.807) is 15.9 Å². The molecule has 2 amide bonds. The molecular formula is C17H20FN3O2. The lowest BCUT2D eigenvalue weighted by Gasteiger charge is -2.38. The van der Waals surface area contributed by atoms with Gasteiger partial charge >= 0.3 is 0 Å². The minimum Gasteiger partial charge on any atom is -0.329 e. The molecule has 3 saturated heterocycles. The Labute approximate surface area is 134 Å². The maximum absolute atomic E-state index is 13.2. The zero-order valence-electron chi connectivity index (χ0n) is 12.9. The lowest BCUT2D eigenvalue weighted by Crippen LogP contribution is -2.60. The Balaban J connectivity index is 1.42. The quantitative estimate of drug-likeness (QED) is 0.901. The molecule has 3 heterocycles. The molecule has 0 radical (unpaired) electrons. The lowest BCUT2D eigenvalue weighted by molar-refractivity contribution is -0.156. The second-order valence-corrected chi connectivity index (χ2v) is 6.64. The fraction of sp³-hybridized carbons (Fsp3) is 0.529. The Morgan fingerprint density at radius 1 is 1.17 bits per heavy atom. The van der Waals surface area contributed by atoms with Crippen LogP contribution in [-0.2, 0) is 16.1 Å². The van der Waals surface area contributed by atoms with Crippen molar-refractivity contribution in [1.82, 2.24) is 15.1 Å². The Hall–Kier alpha value is -1.95. The van der Waals surface area contributed by atoms with Gasteiger partial charge in [-0.1, -0.05) is 12.1 Å². The number of hydrogen-bond donors (Lipinski definition) is 1. The van der Waals surface area contributed by atoms with Crippen LogP contribution in [0.25, 0.3) is 0 Å². The Morgan fingerprint density at radius 3 is 2.83 bits per heavy atom. The first-order chi connectivity index (χ1) is 11.1. The number of nitrogens with zero attached hydrogens (tertiary/aromatic N) is 2. The van der Waals surface area contributed by atoms with E-state index in [4.69, 9.17) is 0 Å². The van der Waals surface area contributed by atoms with Crippen LogP contribution in [-0.4, -0.2) is 52.8 Å². The SMILES string of the molecule is O=C1[C@@H]2C[C@H](NCc3cccc(F)c3)CN2C(=O)[C@@H]2CCCN12. The van der Waals surface area contributed by atoms with E-state index in [1.807, 2.05) is 6.07 Å². The third-order valence-corrected chi connectivity index (χ3v) is 5.17. The highest BCUT2D eigenvalue weighted by molar-refractivity contribution is 5.98. The van der Waals surface area contributed by atoms with Crippen molar-refractivity contribution < 1.29 is 14.0 Å². The molecule has 1 aromatic rings.